The van der Waals surface area contributed by atoms with Gasteiger partial charge in [-0.15, -0.1) is 0 Å². The molecule has 0 aliphatic carbocycles. The van der Waals surface area contributed by atoms with Crippen molar-refractivity contribution in [3.05, 3.63) is 59.0 Å². The number of aryl methyl sites for hydroxylation is 2. The van der Waals surface area contributed by atoms with Crippen LogP contribution in [-0.4, -0.2) is 51.1 Å². The van der Waals surface area contributed by atoms with E-state index < -0.39 is 0 Å². The molecule has 1 aliphatic rings. The van der Waals surface area contributed by atoms with Gasteiger partial charge >= 0.3 is 0 Å². The molecule has 0 saturated carbocycles. The Balaban J connectivity index is 1.57. The number of aromatic nitrogens is 3. The summed E-state index contributed by atoms with van der Waals surface area (Å²) in [6.07, 6.45) is 8.63. The number of hydrogen-bond donors (Lipinski definition) is 0. The molecule has 1 saturated heterocycles. The minimum absolute atomic E-state index is 0.0377. The third-order valence-corrected chi connectivity index (χ3v) is 4.36. The highest BCUT2D eigenvalue weighted by atomic mass is 16.5. The van der Waals surface area contributed by atoms with Crippen LogP contribution < -0.4 is 5.56 Å². The summed E-state index contributed by atoms with van der Waals surface area (Å²) < 4.78 is 7.11. The van der Waals surface area contributed by atoms with Gasteiger partial charge in [0.2, 0.25) is 5.91 Å². The molecular formula is C18H22N4O3. The molecule has 3 heterocycles. The fourth-order valence-electron chi connectivity index (χ4n) is 3.00. The molecule has 0 N–H and O–H groups in total. The molecule has 1 aliphatic heterocycles. The molecule has 1 atom stereocenters. The predicted molar refractivity (Wildman–Crippen MR) is 92.0 cm³/mol. The lowest BCUT2D eigenvalue weighted by Crippen LogP contribution is -2.49. The van der Waals surface area contributed by atoms with Gasteiger partial charge in [-0.1, -0.05) is 6.07 Å². The Kier molecular flexibility index (Phi) is 5.90. The number of ether oxygens (including phenoxy) is 1. The van der Waals surface area contributed by atoms with Gasteiger partial charge in [0.05, 0.1) is 24.9 Å². The highest BCUT2D eigenvalue weighted by molar-refractivity contribution is 5.76. The highest BCUT2D eigenvalue weighted by Crippen LogP contribution is 2.14. The van der Waals surface area contributed by atoms with Crippen LogP contribution >= 0.6 is 0 Å². The van der Waals surface area contributed by atoms with Crippen molar-refractivity contribution in [2.24, 2.45) is 0 Å². The number of carbonyl (C=O) groups is 1. The maximum Gasteiger partial charge on any atom is 0.250 e. The average molecular weight is 342 g/mol. The molecule has 132 valence electrons. The first-order valence-corrected chi connectivity index (χ1v) is 8.51. The van der Waals surface area contributed by atoms with Crippen molar-refractivity contribution in [3.63, 3.8) is 0 Å². The quantitative estimate of drug-likeness (QED) is 0.779. The van der Waals surface area contributed by atoms with E-state index in [1.54, 1.807) is 41.5 Å². The number of pyridine rings is 1. The molecule has 7 heteroatoms. The number of nitrogens with zero attached hydrogens (tertiary/aromatic N) is 4. The van der Waals surface area contributed by atoms with Gasteiger partial charge in [0.25, 0.3) is 5.56 Å². The van der Waals surface area contributed by atoms with Crippen molar-refractivity contribution in [2.75, 3.05) is 19.8 Å². The van der Waals surface area contributed by atoms with Crippen molar-refractivity contribution < 1.29 is 9.53 Å². The number of amides is 1. The Bertz CT molecular complexity index is 747. The average Bonchev–Trinajstić information content (AvgIpc) is 2.66. The lowest BCUT2D eigenvalue weighted by atomic mass is 10.1. The Labute approximate surface area is 146 Å². The zero-order chi connectivity index (χ0) is 17.5. The van der Waals surface area contributed by atoms with Gasteiger partial charge in [-0.3, -0.25) is 19.6 Å². The van der Waals surface area contributed by atoms with Crippen LogP contribution in [0.3, 0.4) is 0 Å². The predicted octanol–water partition coefficient (Wildman–Crippen LogP) is 0.889. The van der Waals surface area contributed by atoms with Gasteiger partial charge in [-0.05, 0) is 18.9 Å². The van der Waals surface area contributed by atoms with Crippen LogP contribution in [0.15, 0.2) is 47.8 Å². The SMILES string of the molecule is O=C(CCn1ccccc1=O)N1CCOCC1CCc1cnccn1. The first-order valence-electron chi connectivity index (χ1n) is 8.51. The van der Waals surface area contributed by atoms with Gasteiger partial charge < -0.3 is 14.2 Å². The summed E-state index contributed by atoms with van der Waals surface area (Å²) in [6.45, 7) is 2.08. The summed E-state index contributed by atoms with van der Waals surface area (Å²) in [5.74, 6) is 0.0585. The largest absolute Gasteiger partial charge is 0.377 e. The fourth-order valence-corrected chi connectivity index (χ4v) is 3.00. The Morgan fingerprint density at radius 1 is 1.32 bits per heavy atom. The Morgan fingerprint density at radius 2 is 2.24 bits per heavy atom. The van der Waals surface area contributed by atoms with E-state index in [1.807, 2.05) is 4.90 Å². The number of morpholine rings is 1. The summed E-state index contributed by atoms with van der Waals surface area (Å²) in [4.78, 5) is 34.6. The lowest BCUT2D eigenvalue weighted by Gasteiger charge is -2.35. The van der Waals surface area contributed by atoms with Crippen LogP contribution in [0, 0.1) is 0 Å². The zero-order valence-electron chi connectivity index (χ0n) is 14.1. The van der Waals surface area contributed by atoms with Gasteiger partial charge in [-0.25, -0.2) is 0 Å². The summed E-state index contributed by atoms with van der Waals surface area (Å²) in [5.41, 5.74) is 0.827. The van der Waals surface area contributed by atoms with Crippen molar-refractivity contribution >= 4 is 5.91 Å². The third kappa shape index (κ3) is 4.73. The Morgan fingerprint density at radius 3 is 3.04 bits per heavy atom. The first-order chi connectivity index (χ1) is 12.2. The molecule has 0 spiro atoms. The minimum atomic E-state index is -0.0866. The summed E-state index contributed by atoms with van der Waals surface area (Å²) >= 11 is 0. The normalized spacial score (nSPS) is 17.4. The van der Waals surface area contributed by atoms with Crippen LogP contribution in [0.1, 0.15) is 18.5 Å². The second-order valence-electron chi connectivity index (χ2n) is 6.03. The lowest BCUT2D eigenvalue weighted by molar-refractivity contribution is -0.140. The molecule has 2 aromatic rings. The van der Waals surface area contributed by atoms with E-state index in [1.165, 1.54) is 6.07 Å². The van der Waals surface area contributed by atoms with E-state index in [0.29, 0.717) is 32.7 Å². The molecular weight excluding hydrogens is 320 g/mol. The van der Waals surface area contributed by atoms with E-state index in [2.05, 4.69) is 9.97 Å². The molecule has 25 heavy (non-hydrogen) atoms. The Hall–Kier alpha value is -2.54. The smallest absolute Gasteiger partial charge is 0.250 e. The van der Waals surface area contributed by atoms with Crippen molar-refractivity contribution in [1.29, 1.82) is 0 Å². The molecule has 0 radical (unpaired) electrons. The topological polar surface area (TPSA) is 77.3 Å². The standard InChI is InChI=1S/C18H22N4O3/c23-17-3-1-2-9-21(17)10-6-18(24)22-11-12-25-14-16(22)5-4-15-13-19-7-8-20-15/h1-3,7-9,13,16H,4-6,10-12,14H2. The molecule has 3 rings (SSSR count). The van der Waals surface area contributed by atoms with Crippen molar-refractivity contribution in [3.8, 4) is 0 Å². The van der Waals surface area contributed by atoms with E-state index in [-0.39, 0.29) is 17.5 Å². The highest BCUT2D eigenvalue weighted by Gasteiger charge is 2.26. The molecule has 1 unspecified atom stereocenters. The molecule has 0 aromatic carbocycles. The zero-order valence-corrected chi connectivity index (χ0v) is 14.1. The van der Waals surface area contributed by atoms with Crippen LogP contribution in [-0.2, 0) is 22.5 Å². The molecule has 2 aromatic heterocycles. The van der Waals surface area contributed by atoms with E-state index >= 15 is 0 Å². The monoisotopic (exact) mass is 342 g/mol. The minimum Gasteiger partial charge on any atom is -0.377 e. The summed E-state index contributed by atoms with van der Waals surface area (Å²) in [7, 11) is 0. The number of rotatable bonds is 6. The van der Waals surface area contributed by atoms with Crippen LogP contribution in [0.2, 0.25) is 0 Å². The van der Waals surface area contributed by atoms with Crippen LogP contribution in [0.5, 0.6) is 0 Å². The van der Waals surface area contributed by atoms with E-state index in [4.69, 9.17) is 4.74 Å². The summed E-state index contributed by atoms with van der Waals surface area (Å²) in [5, 5.41) is 0. The molecule has 1 fully saturated rings. The van der Waals surface area contributed by atoms with Crippen LogP contribution in [0.4, 0.5) is 0 Å². The second kappa shape index (κ2) is 8.53. The maximum atomic E-state index is 12.6. The second-order valence-corrected chi connectivity index (χ2v) is 6.03. The van der Waals surface area contributed by atoms with Crippen molar-refractivity contribution in [1.82, 2.24) is 19.4 Å². The first kappa shape index (κ1) is 17.3. The van der Waals surface area contributed by atoms with Gasteiger partial charge in [-0.2, -0.15) is 0 Å². The summed E-state index contributed by atoms with van der Waals surface area (Å²) in [6, 6.07) is 5.04. The maximum absolute atomic E-state index is 12.6. The van der Waals surface area contributed by atoms with Crippen LogP contribution in [0.25, 0.3) is 0 Å². The molecule has 0 bridgehead atoms. The van der Waals surface area contributed by atoms with Gasteiger partial charge in [0, 0.05) is 50.4 Å². The van der Waals surface area contributed by atoms with Gasteiger partial charge in [0.15, 0.2) is 0 Å². The number of hydrogen-bond acceptors (Lipinski definition) is 5. The van der Waals surface area contributed by atoms with E-state index in [0.717, 1.165) is 18.5 Å². The number of carbonyl (C=O) groups excluding carboxylic acids is 1. The molecule has 1 amide bonds. The van der Waals surface area contributed by atoms with Crippen molar-refractivity contribution in [2.45, 2.75) is 31.8 Å². The third-order valence-electron chi connectivity index (χ3n) is 4.36. The fraction of sp³-hybridized carbons (Fsp3) is 0.444. The van der Waals surface area contributed by atoms with Gasteiger partial charge in [0.1, 0.15) is 0 Å². The molecule has 7 nitrogen and oxygen atoms in total. The van der Waals surface area contributed by atoms with E-state index in [9.17, 15) is 9.59 Å².